The van der Waals surface area contributed by atoms with Crippen LogP contribution in [0.25, 0.3) is 0 Å². The van der Waals surface area contributed by atoms with Crippen LogP contribution in [0.3, 0.4) is 0 Å². The van der Waals surface area contributed by atoms with Gasteiger partial charge in [-0.3, -0.25) is 0 Å². The van der Waals surface area contributed by atoms with Crippen LogP contribution in [0.1, 0.15) is 20.3 Å². The van der Waals surface area contributed by atoms with Crippen molar-refractivity contribution in [2.24, 2.45) is 11.8 Å². The van der Waals surface area contributed by atoms with Crippen LogP contribution in [0, 0.1) is 11.8 Å². The molecular formula is C7H15N. The summed E-state index contributed by atoms with van der Waals surface area (Å²) in [6.07, 6.45) is 1.45. The maximum absolute atomic E-state index is 3.34. The van der Waals surface area contributed by atoms with Gasteiger partial charge in [-0.05, 0) is 31.3 Å². The van der Waals surface area contributed by atoms with E-state index in [0.717, 1.165) is 18.4 Å². The van der Waals surface area contributed by atoms with Crippen LogP contribution >= 0.6 is 0 Å². The molecule has 0 bridgehead atoms. The van der Waals surface area contributed by atoms with Crippen LogP contribution in [-0.4, -0.2) is 13.1 Å². The Hall–Kier alpha value is -0.0400. The molecule has 0 aliphatic heterocycles. The third-order valence-corrected chi connectivity index (χ3v) is 1.93. The molecule has 1 aliphatic carbocycles. The Balaban J connectivity index is 1.89. The third-order valence-electron chi connectivity index (χ3n) is 1.93. The highest BCUT2D eigenvalue weighted by atomic mass is 14.9. The molecule has 0 spiro atoms. The molecule has 1 heteroatoms. The summed E-state index contributed by atoms with van der Waals surface area (Å²) in [5.41, 5.74) is 0. The highest BCUT2D eigenvalue weighted by Gasteiger charge is 2.31. The zero-order chi connectivity index (χ0) is 5.98. The molecule has 1 saturated carbocycles. The van der Waals surface area contributed by atoms with Crippen molar-refractivity contribution in [3.8, 4) is 0 Å². The van der Waals surface area contributed by atoms with E-state index in [-0.39, 0.29) is 0 Å². The second-order valence-electron chi connectivity index (χ2n) is 2.78. The molecule has 1 N–H and O–H groups in total. The first-order valence-corrected chi connectivity index (χ1v) is 3.55. The first kappa shape index (κ1) is 6.09. The van der Waals surface area contributed by atoms with Gasteiger partial charge in [0.25, 0.3) is 0 Å². The first-order valence-electron chi connectivity index (χ1n) is 3.55. The minimum Gasteiger partial charge on any atom is -0.317 e. The van der Waals surface area contributed by atoms with Gasteiger partial charge in [0.05, 0.1) is 0 Å². The summed E-state index contributed by atoms with van der Waals surface area (Å²) in [7, 11) is 0. The number of hydrogen-bond donors (Lipinski definition) is 1. The standard InChI is InChI=1S/C7H15N/c1-3-8-5-7-4-6(7)2/h6-8H,3-5H2,1-2H3/t6-,7?/m0/s1. The van der Waals surface area contributed by atoms with Crippen LogP contribution in [-0.2, 0) is 0 Å². The molecule has 0 aromatic rings. The summed E-state index contributed by atoms with van der Waals surface area (Å²) in [6, 6.07) is 0. The molecule has 1 nitrogen and oxygen atoms in total. The maximum atomic E-state index is 3.34. The Labute approximate surface area is 51.5 Å². The summed E-state index contributed by atoms with van der Waals surface area (Å²) in [5.74, 6) is 2.02. The summed E-state index contributed by atoms with van der Waals surface area (Å²) in [4.78, 5) is 0. The van der Waals surface area contributed by atoms with Crippen LogP contribution < -0.4 is 5.32 Å². The van der Waals surface area contributed by atoms with Crippen LogP contribution in [0.5, 0.6) is 0 Å². The fraction of sp³-hybridized carbons (Fsp3) is 1.00. The summed E-state index contributed by atoms with van der Waals surface area (Å²) in [5, 5.41) is 3.34. The van der Waals surface area contributed by atoms with E-state index in [1.165, 1.54) is 13.0 Å². The smallest absolute Gasteiger partial charge is 0.00180 e. The van der Waals surface area contributed by atoms with Crippen molar-refractivity contribution in [3.63, 3.8) is 0 Å². The normalized spacial score (nSPS) is 35.2. The van der Waals surface area contributed by atoms with Crippen LogP contribution in [0.15, 0.2) is 0 Å². The van der Waals surface area contributed by atoms with Gasteiger partial charge >= 0.3 is 0 Å². The fourth-order valence-electron chi connectivity index (χ4n) is 1.01. The molecule has 1 unspecified atom stereocenters. The largest absolute Gasteiger partial charge is 0.317 e. The van der Waals surface area contributed by atoms with E-state index in [1.54, 1.807) is 0 Å². The molecule has 8 heavy (non-hydrogen) atoms. The monoisotopic (exact) mass is 113 g/mol. The molecule has 1 fully saturated rings. The average Bonchev–Trinajstić information content (AvgIpc) is 2.42. The molecule has 0 heterocycles. The van der Waals surface area contributed by atoms with Gasteiger partial charge < -0.3 is 5.32 Å². The lowest BCUT2D eigenvalue weighted by molar-refractivity contribution is 0.631. The molecule has 0 amide bonds. The van der Waals surface area contributed by atoms with Gasteiger partial charge in [0.2, 0.25) is 0 Å². The summed E-state index contributed by atoms with van der Waals surface area (Å²) < 4.78 is 0. The summed E-state index contributed by atoms with van der Waals surface area (Å²) >= 11 is 0. The number of hydrogen-bond acceptors (Lipinski definition) is 1. The zero-order valence-electron chi connectivity index (χ0n) is 5.78. The highest BCUT2D eigenvalue weighted by molar-refractivity contribution is 4.83. The van der Waals surface area contributed by atoms with Crippen molar-refractivity contribution in [1.29, 1.82) is 0 Å². The lowest BCUT2D eigenvalue weighted by Crippen LogP contribution is -2.15. The highest BCUT2D eigenvalue weighted by Crippen LogP contribution is 2.36. The topological polar surface area (TPSA) is 12.0 Å². The molecule has 48 valence electrons. The fourth-order valence-corrected chi connectivity index (χ4v) is 1.01. The van der Waals surface area contributed by atoms with Gasteiger partial charge in [0.15, 0.2) is 0 Å². The zero-order valence-corrected chi connectivity index (χ0v) is 5.78. The Bertz CT molecular complexity index is 70.8. The van der Waals surface area contributed by atoms with E-state index in [9.17, 15) is 0 Å². The van der Waals surface area contributed by atoms with Crippen molar-refractivity contribution in [2.75, 3.05) is 13.1 Å². The SMILES string of the molecule is CCNCC1C[C@@H]1C. The first-order chi connectivity index (χ1) is 3.84. The average molecular weight is 113 g/mol. The third kappa shape index (κ3) is 1.48. The van der Waals surface area contributed by atoms with E-state index in [2.05, 4.69) is 19.2 Å². The Kier molecular flexibility index (Phi) is 1.90. The molecule has 1 aliphatic rings. The molecule has 0 aromatic carbocycles. The van der Waals surface area contributed by atoms with E-state index >= 15 is 0 Å². The predicted molar refractivity (Wildman–Crippen MR) is 35.8 cm³/mol. The molecule has 0 radical (unpaired) electrons. The van der Waals surface area contributed by atoms with Gasteiger partial charge in [0, 0.05) is 0 Å². The van der Waals surface area contributed by atoms with Crippen LogP contribution in [0.4, 0.5) is 0 Å². The van der Waals surface area contributed by atoms with E-state index in [4.69, 9.17) is 0 Å². The quantitative estimate of drug-likeness (QED) is 0.581. The lowest BCUT2D eigenvalue weighted by atomic mass is 10.3. The van der Waals surface area contributed by atoms with Crippen molar-refractivity contribution in [3.05, 3.63) is 0 Å². The van der Waals surface area contributed by atoms with Gasteiger partial charge in [-0.25, -0.2) is 0 Å². The Morgan fingerprint density at radius 1 is 1.62 bits per heavy atom. The maximum Gasteiger partial charge on any atom is -0.00180 e. The molecule has 1 rings (SSSR count). The van der Waals surface area contributed by atoms with Crippen molar-refractivity contribution >= 4 is 0 Å². The van der Waals surface area contributed by atoms with E-state index in [1.807, 2.05) is 0 Å². The minimum absolute atomic E-state index is 1.01. The van der Waals surface area contributed by atoms with E-state index in [0.29, 0.717) is 0 Å². The van der Waals surface area contributed by atoms with Crippen LogP contribution in [0.2, 0.25) is 0 Å². The molecule has 2 atom stereocenters. The Morgan fingerprint density at radius 3 is 2.62 bits per heavy atom. The van der Waals surface area contributed by atoms with Gasteiger partial charge in [-0.1, -0.05) is 13.8 Å². The predicted octanol–water partition coefficient (Wildman–Crippen LogP) is 1.25. The second kappa shape index (κ2) is 2.49. The second-order valence-corrected chi connectivity index (χ2v) is 2.78. The van der Waals surface area contributed by atoms with Crippen molar-refractivity contribution in [2.45, 2.75) is 20.3 Å². The molecule has 0 saturated heterocycles. The van der Waals surface area contributed by atoms with Gasteiger partial charge in [0.1, 0.15) is 0 Å². The Morgan fingerprint density at radius 2 is 2.25 bits per heavy atom. The molecular weight excluding hydrogens is 98.1 g/mol. The number of nitrogens with one attached hydrogen (secondary N) is 1. The van der Waals surface area contributed by atoms with Crippen molar-refractivity contribution < 1.29 is 0 Å². The van der Waals surface area contributed by atoms with Gasteiger partial charge in [-0.2, -0.15) is 0 Å². The van der Waals surface area contributed by atoms with Gasteiger partial charge in [-0.15, -0.1) is 0 Å². The number of rotatable bonds is 3. The minimum atomic E-state index is 1.01. The van der Waals surface area contributed by atoms with Crippen molar-refractivity contribution in [1.82, 2.24) is 5.32 Å². The van der Waals surface area contributed by atoms with E-state index < -0.39 is 0 Å². The lowest BCUT2D eigenvalue weighted by Gasteiger charge is -1.95. The summed E-state index contributed by atoms with van der Waals surface area (Å²) in [6.45, 7) is 6.86. The molecule has 0 aromatic heterocycles.